The summed E-state index contributed by atoms with van der Waals surface area (Å²) in [5.41, 5.74) is 2.57. The highest BCUT2D eigenvalue weighted by Crippen LogP contribution is 2.18. The molecule has 0 saturated carbocycles. The van der Waals surface area contributed by atoms with Crippen molar-refractivity contribution >= 4 is 11.9 Å². The summed E-state index contributed by atoms with van der Waals surface area (Å²) in [7, 11) is 0. The molecule has 2 rings (SSSR count). The van der Waals surface area contributed by atoms with Crippen molar-refractivity contribution in [2.24, 2.45) is 0 Å². The van der Waals surface area contributed by atoms with E-state index in [4.69, 9.17) is 9.47 Å². The van der Waals surface area contributed by atoms with Gasteiger partial charge in [-0.1, -0.05) is 49.4 Å². The zero-order valence-electron chi connectivity index (χ0n) is 17.7. The minimum atomic E-state index is -0.861. The van der Waals surface area contributed by atoms with Crippen molar-refractivity contribution in [2.45, 2.75) is 58.8 Å². The first-order valence-electron chi connectivity index (χ1n) is 10.1. The van der Waals surface area contributed by atoms with Gasteiger partial charge in [0.25, 0.3) is 5.91 Å². The number of carbonyl (C=O) groups excluding carboxylic acids is 2. The monoisotopic (exact) mass is 397 g/mol. The van der Waals surface area contributed by atoms with Crippen molar-refractivity contribution < 1.29 is 19.1 Å². The van der Waals surface area contributed by atoms with Crippen LogP contribution in [0, 0.1) is 0 Å². The van der Waals surface area contributed by atoms with Crippen LogP contribution in [0.4, 0.5) is 0 Å². The van der Waals surface area contributed by atoms with E-state index in [1.807, 2.05) is 44.2 Å². The van der Waals surface area contributed by atoms with Crippen LogP contribution in [0.3, 0.4) is 0 Å². The predicted octanol–water partition coefficient (Wildman–Crippen LogP) is 4.47. The fourth-order valence-electron chi connectivity index (χ4n) is 2.87. The quantitative estimate of drug-likeness (QED) is 0.601. The number of ether oxygens (including phenoxy) is 2. The summed E-state index contributed by atoms with van der Waals surface area (Å²) in [6.45, 7) is 8.61. The molecule has 29 heavy (non-hydrogen) atoms. The van der Waals surface area contributed by atoms with Gasteiger partial charge in [-0.15, -0.1) is 0 Å². The van der Waals surface area contributed by atoms with E-state index >= 15 is 0 Å². The molecule has 0 unspecified atom stereocenters. The van der Waals surface area contributed by atoms with Gasteiger partial charge in [0, 0.05) is 12.5 Å². The zero-order valence-corrected chi connectivity index (χ0v) is 17.7. The molecule has 156 valence electrons. The van der Waals surface area contributed by atoms with Crippen LogP contribution in [0.1, 0.15) is 61.5 Å². The Balaban J connectivity index is 1.84. The molecule has 0 aromatic heterocycles. The molecule has 1 N–H and O–H groups in total. The Labute approximate surface area is 173 Å². The van der Waals surface area contributed by atoms with E-state index in [0.717, 1.165) is 12.0 Å². The van der Waals surface area contributed by atoms with E-state index in [9.17, 15) is 9.59 Å². The number of hydrogen-bond donors (Lipinski definition) is 1. The maximum Gasteiger partial charge on any atom is 0.338 e. The van der Waals surface area contributed by atoms with E-state index < -0.39 is 12.1 Å². The number of nitrogens with one attached hydrogen (secondary N) is 1. The summed E-state index contributed by atoms with van der Waals surface area (Å²) in [6.07, 6.45) is 0.193. The Kier molecular flexibility index (Phi) is 8.87. The van der Waals surface area contributed by atoms with Crippen LogP contribution in [0.2, 0.25) is 0 Å². The van der Waals surface area contributed by atoms with Gasteiger partial charge in [-0.2, -0.15) is 0 Å². The minimum Gasteiger partial charge on any atom is -0.449 e. The molecule has 0 heterocycles. The van der Waals surface area contributed by atoms with Crippen molar-refractivity contribution in [1.29, 1.82) is 0 Å². The van der Waals surface area contributed by atoms with Crippen molar-refractivity contribution in [2.75, 3.05) is 6.54 Å². The number of amides is 1. The van der Waals surface area contributed by atoms with E-state index in [1.165, 1.54) is 5.56 Å². The lowest BCUT2D eigenvalue weighted by Crippen LogP contribution is -2.38. The van der Waals surface area contributed by atoms with E-state index in [1.54, 1.807) is 19.1 Å². The number of benzene rings is 2. The highest BCUT2D eigenvalue weighted by Gasteiger charge is 2.20. The molecule has 0 aliphatic carbocycles. The number of hydrogen-bond acceptors (Lipinski definition) is 4. The van der Waals surface area contributed by atoms with Gasteiger partial charge in [0.15, 0.2) is 6.10 Å². The van der Waals surface area contributed by atoms with Crippen LogP contribution in [-0.4, -0.2) is 30.6 Å². The standard InChI is InChI=1S/C24H31NO4/c1-5-20(21-9-7-6-8-10-21)15-25-23(26)18(4)29-24(27)22-13-11-19(12-14-22)16-28-17(2)3/h6-14,17-18,20H,5,15-16H2,1-4H3,(H,25,26)/t18-,20+/m1/s1. The van der Waals surface area contributed by atoms with Gasteiger partial charge < -0.3 is 14.8 Å². The number of rotatable bonds is 10. The van der Waals surface area contributed by atoms with Gasteiger partial charge in [-0.05, 0) is 50.5 Å². The fourth-order valence-corrected chi connectivity index (χ4v) is 2.87. The average Bonchev–Trinajstić information content (AvgIpc) is 2.73. The first kappa shape index (κ1) is 22.6. The number of esters is 1. The third kappa shape index (κ3) is 7.35. The van der Waals surface area contributed by atoms with E-state index in [2.05, 4.69) is 24.4 Å². The summed E-state index contributed by atoms with van der Waals surface area (Å²) in [6, 6.07) is 17.1. The minimum absolute atomic E-state index is 0.146. The summed E-state index contributed by atoms with van der Waals surface area (Å²) < 4.78 is 10.9. The SMILES string of the molecule is CC[C@@H](CNC(=O)[C@@H](C)OC(=O)c1ccc(COC(C)C)cc1)c1ccccc1. The lowest BCUT2D eigenvalue weighted by Gasteiger charge is -2.18. The van der Waals surface area contributed by atoms with Crippen molar-refractivity contribution in [3.63, 3.8) is 0 Å². The first-order chi connectivity index (χ1) is 13.9. The van der Waals surface area contributed by atoms with E-state index in [0.29, 0.717) is 18.7 Å². The van der Waals surface area contributed by atoms with Crippen LogP contribution in [0.5, 0.6) is 0 Å². The van der Waals surface area contributed by atoms with Crippen molar-refractivity contribution in [3.8, 4) is 0 Å². The highest BCUT2D eigenvalue weighted by molar-refractivity contribution is 5.92. The molecular formula is C24H31NO4. The van der Waals surface area contributed by atoms with Crippen LogP contribution in [-0.2, 0) is 20.9 Å². The molecule has 0 bridgehead atoms. The Morgan fingerprint density at radius 2 is 1.62 bits per heavy atom. The summed E-state index contributed by atoms with van der Waals surface area (Å²) >= 11 is 0. The summed E-state index contributed by atoms with van der Waals surface area (Å²) in [4.78, 5) is 24.7. The van der Waals surface area contributed by atoms with Crippen LogP contribution < -0.4 is 5.32 Å². The van der Waals surface area contributed by atoms with Crippen LogP contribution >= 0.6 is 0 Å². The lowest BCUT2D eigenvalue weighted by molar-refractivity contribution is -0.129. The normalized spacial score (nSPS) is 13.0. The van der Waals surface area contributed by atoms with E-state index in [-0.39, 0.29) is 17.9 Å². The average molecular weight is 398 g/mol. The molecule has 1 amide bonds. The zero-order chi connectivity index (χ0) is 21.2. The molecule has 0 saturated heterocycles. The fraction of sp³-hybridized carbons (Fsp3) is 0.417. The molecule has 0 spiro atoms. The van der Waals surface area contributed by atoms with Gasteiger partial charge in [-0.25, -0.2) is 4.79 Å². The van der Waals surface area contributed by atoms with Crippen LogP contribution in [0.15, 0.2) is 54.6 Å². The molecule has 2 aromatic rings. The smallest absolute Gasteiger partial charge is 0.338 e. The molecule has 5 heteroatoms. The Bertz CT molecular complexity index is 771. The Morgan fingerprint density at radius 3 is 2.21 bits per heavy atom. The molecule has 0 radical (unpaired) electrons. The summed E-state index contributed by atoms with van der Waals surface area (Å²) in [5.74, 6) is -0.586. The van der Waals surface area contributed by atoms with Gasteiger partial charge in [-0.3, -0.25) is 4.79 Å². The van der Waals surface area contributed by atoms with Gasteiger partial charge >= 0.3 is 5.97 Å². The molecule has 5 nitrogen and oxygen atoms in total. The van der Waals surface area contributed by atoms with Crippen molar-refractivity contribution in [3.05, 3.63) is 71.3 Å². The second kappa shape index (κ2) is 11.4. The topological polar surface area (TPSA) is 64.6 Å². The third-order valence-corrected chi connectivity index (χ3v) is 4.71. The van der Waals surface area contributed by atoms with Crippen molar-refractivity contribution in [1.82, 2.24) is 5.32 Å². The summed E-state index contributed by atoms with van der Waals surface area (Å²) in [5, 5.41) is 2.89. The molecule has 0 aliphatic rings. The Hall–Kier alpha value is -2.66. The molecule has 0 fully saturated rings. The van der Waals surface area contributed by atoms with Crippen LogP contribution in [0.25, 0.3) is 0 Å². The molecule has 2 aromatic carbocycles. The van der Waals surface area contributed by atoms with Gasteiger partial charge in [0.1, 0.15) is 0 Å². The second-order valence-corrected chi connectivity index (χ2v) is 7.37. The Morgan fingerprint density at radius 1 is 0.966 bits per heavy atom. The second-order valence-electron chi connectivity index (χ2n) is 7.37. The first-order valence-corrected chi connectivity index (χ1v) is 10.1. The highest BCUT2D eigenvalue weighted by atomic mass is 16.5. The largest absolute Gasteiger partial charge is 0.449 e. The maximum absolute atomic E-state index is 12.4. The van der Waals surface area contributed by atoms with Gasteiger partial charge in [0.05, 0.1) is 18.3 Å². The lowest BCUT2D eigenvalue weighted by atomic mass is 9.96. The molecular weight excluding hydrogens is 366 g/mol. The number of carbonyl (C=O) groups is 2. The molecule has 0 aliphatic heterocycles. The third-order valence-electron chi connectivity index (χ3n) is 4.71. The maximum atomic E-state index is 12.4. The molecule has 2 atom stereocenters. The predicted molar refractivity (Wildman–Crippen MR) is 114 cm³/mol. The van der Waals surface area contributed by atoms with Gasteiger partial charge in [0.2, 0.25) is 0 Å².